The van der Waals surface area contributed by atoms with Crippen LogP contribution in [-0.2, 0) is 26.0 Å². The van der Waals surface area contributed by atoms with Gasteiger partial charge in [0.15, 0.2) is 0 Å². The van der Waals surface area contributed by atoms with Gasteiger partial charge in [-0.05, 0) is 37.6 Å². The molecule has 0 bridgehead atoms. The molecule has 1 amide bonds. The number of nitrogens with zero attached hydrogens (tertiary/aromatic N) is 1. The second-order valence-electron chi connectivity index (χ2n) is 5.73. The van der Waals surface area contributed by atoms with Crippen molar-refractivity contribution in [2.45, 2.75) is 25.2 Å². The van der Waals surface area contributed by atoms with E-state index in [1.54, 1.807) is 13.0 Å². The Hall–Kier alpha value is -1.98. The van der Waals surface area contributed by atoms with Gasteiger partial charge in [-0.3, -0.25) is 9.63 Å². The molecule has 0 unspecified atom stereocenters. The fraction of sp³-hybridized carbons (Fsp3) is 0.333. The number of halogens is 1. The van der Waals surface area contributed by atoms with E-state index in [2.05, 4.69) is 5.32 Å². The Morgan fingerprint density at radius 1 is 1.24 bits per heavy atom. The Labute approximate surface area is 178 Å². The lowest BCUT2D eigenvalue weighted by Crippen LogP contribution is -2.26. The van der Waals surface area contributed by atoms with Gasteiger partial charge in [0, 0.05) is 17.5 Å². The summed E-state index contributed by atoms with van der Waals surface area (Å²) >= 11 is 7.27. The minimum atomic E-state index is -4.05. The van der Waals surface area contributed by atoms with Crippen molar-refractivity contribution in [2.75, 3.05) is 26.1 Å². The van der Waals surface area contributed by atoms with E-state index in [1.807, 2.05) is 6.92 Å². The van der Waals surface area contributed by atoms with Gasteiger partial charge >= 0.3 is 5.97 Å². The van der Waals surface area contributed by atoms with Crippen LogP contribution >= 0.6 is 22.9 Å². The molecule has 1 heterocycles. The van der Waals surface area contributed by atoms with Gasteiger partial charge in [-0.2, -0.15) is 0 Å². The van der Waals surface area contributed by atoms with E-state index in [0.29, 0.717) is 15.9 Å². The molecular formula is C18H21ClN2O6S2. The molecule has 11 heteroatoms. The molecule has 29 heavy (non-hydrogen) atoms. The van der Waals surface area contributed by atoms with Crippen LogP contribution in [0, 0.1) is 0 Å². The third kappa shape index (κ3) is 5.14. The van der Waals surface area contributed by atoms with E-state index in [-0.39, 0.29) is 27.7 Å². The molecule has 2 rings (SSSR count). The zero-order valence-corrected chi connectivity index (χ0v) is 18.7. The highest BCUT2D eigenvalue weighted by molar-refractivity contribution is 7.89. The summed E-state index contributed by atoms with van der Waals surface area (Å²) in [6.07, 6.45) is 0.680. The topological polar surface area (TPSA) is 102 Å². The van der Waals surface area contributed by atoms with E-state index in [9.17, 15) is 18.0 Å². The minimum Gasteiger partial charge on any atom is -0.462 e. The largest absolute Gasteiger partial charge is 0.462 e. The van der Waals surface area contributed by atoms with Crippen LogP contribution in [0.5, 0.6) is 0 Å². The normalized spacial score (nSPS) is 11.5. The van der Waals surface area contributed by atoms with Crippen molar-refractivity contribution in [1.29, 1.82) is 0 Å². The van der Waals surface area contributed by atoms with Gasteiger partial charge in [-0.1, -0.05) is 23.0 Å². The van der Waals surface area contributed by atoms with Crippen LogP contribution in [-0.4, -0.2) is 45.5 Å². The van der Waals surface area contributed by atoms with E-state index in [0.717, 1.165) is 10.9 Å². The smallest absolute Gasteiger partial charge is 0.341 e. The maximum Gasteiger partial charge on any atom is 0.341 e. The number of sulfonamides is 1. The fourth-order valence-corrected chi connectivity index (χ4v) is 4.78. The molecule has 0 fully saturated rings. The van der Waals surface area contributed by atoms with E-state index in [4.69, 9.17) is 21.2 Å². The van der Waals surface area contributed by atoms with Gasteiger partial charge in [0.25, 0.3) is 15.9 Å². The van der Waals surface area contributed by atoms with Crippen molar-refractivity contribution in [3.05, 3.63) is 45.3 Å². The van der Waals surface area contributed by atoms with Gasteiger partial charge in [-0.15, -0.1) is 11.3 Å². The highest BCUT2D eigenvalue weighted by atomic mass is 35.5. The molecule has 0 saturated carbocycles. The average Bonchev–Trinajstić information content (AvgIpc) is 3.10. The van der Waals surface area contributed by atoms with Gasteiger partial charge in [0.1, 0.15) is 9.90 Å². The molecule has 0 aliphatic carbocycles. The number of aryl methyl sites for hydroxylation is 1. The number of carbonyl (C=O) groups is 2. The summed E-state index contributed by atoms with van der Waals surface area (Å²) in [7, 11) is -1.64. The highest BCUT2D eigenvalue weighted by Gasteiger charge is 2.26. The predicted octanol–water partition coefficient (Wildman–Crippen LogP) is 3.57. The lowest BCUT2D eigenvalue weighted by Gasteiger charge is -2.15. The number of benzene rings is 1. The number of ether oxygens (including phenoxy) is 1. The molecule has 1 N–H and O–H groups in total. The van der Waals surface area contributed by atoms with Gasteiger partial charge in [0.2, 0.25) is 0 Å². The first-order valence-corrected chi connectivity index (χ1v) is 11.2. The van der Waals surface area contributed by atoms with Crippen molar-refractivity contribution in [3.63, 3.8) is 0 Å². The number of rotatable bonds is 8. The van der Waals surface area contributed by atoms with Crippen LogP contribution in [0.4, 0.5) is 5.00 Å². The Bertz CT molecular complexity index is 1020. The van der Waals surface area contributed by atoms with Crippen molar-refractivity contribution < 1.29 is 27.6 Å². The monoisotopic (exact) mass is 460 g/mol. The lowest BCUT2D eigenvalue weighted by atomic mass is 10.2. The first-order valence-electron chi connectivity index (χ1n) is 8.59. The summed E-state index contributed by atoms with van der Waals surface area (Å²) in [5.41, 5.74) is 0.307. The molecule has 1 aromatic heterocycles. The SMILES string of the molecule is CCOC(=O)c1cc(CC)sc1NC(=O)c1ccc(Cl)c(S(=O)(=O)N(C)OC)c1. The number of nitrogens with one attached hydrogen (secondary N) is 1. The van der Waals surface area contributed by atoms with Crippen LogP contribution in [0.3, 0.4) is 0 Å². The zero-order valence-electron chi connectivity index (χ0n) is 16.3. The third-order valence-electron chi connectivity index (χ3n) is 3.92. The number of amides is 1. The van der Waals surface area contributed by atoms with Crippen molar-refractivity contribution in [2.24, 2.45) is 0 Å². The Morgan fingerprint density at radius 3 is 2.52 bits per heavy atom. The third-order valence-corrected chi connectivity index (χ3v) is 7.28. The number of hydrogen-bond acceptors (Lipinski definition) is 7. The first kappa shape index (κ1) is 23.3. The Kier molecular flexibility index (Phi) is 7.78. The number of hydroxylamine groups is 1. The average molecular weight is 461 g/mol. The molecule has 0 radical (unpaired) electrons. The summed E-state index contributed by atoms with van der Waals surface area (Å²) in [5.74, 6) is -1.13. The van der Waals surface area contributed by atoms with Gasteiger partial charge < -0.3 is 10.1 Å². The van der Waals surface area contributed by atoms with E-state index >= 15 is 0 Å². The van der Waals surface area contributed by atoms with Crippen molar-refractivity contribution in [1.82, 2.24) is 4.47 Å². The molecular weight excluding hydrogens is 440 g/mol. The second-order valence-corrected chi connectivity index (χ2v) is 9.17. The summed E-state index contributed by atoms with van der Waals surface area (Å²) in [6.45, 7) is 3.82. The molecule has 2 aromatic rings. The standard InChI is InChI=1S/C18H21ClN2O6S2/c1-5-12-10-13(18(23)27-6-2)17(28-12)20-16(22)11-7-8-14(19)15(9-11)29(24,25)21(3)26-4/h7-10H,5-6H2,1-4H3,(H,20,22). The summed E-state index contributed by atoms with van der Waals surface area (Å²) in [5, 5.41) is 2.94. The number of esters is 1. The van der Waals surface area contributed by atoms with Crippen LogP contribution in [0.25, 0.3) is 0 Å². The van der Waals surface area contributed by atoms with Crippen molar-refractivity contribution in [3.8, 4) is 0 Å². The maximum absolute atomic E-state index is 12.7. The van der Waals surface area contributed by atoms with Crippen molar-refractivity contribution >= 4 is 49.8 Å². The number of hydrogen-bond donors (Lipinski definition) is 1. The van der Waals surface area contributed by atoms with Gasteiger partial charge in [-0.25, -0.2) is 13.2 Å². The van der Waals surface area contributed by atoms with E-state index < -0.39 is 21.9 Å². The summed E-state index contributed by atoms with van der Waals surface area (Å²) < 4.78 is 30.7. The molecule has 0 saturated heterocycles. The molecule has 0 spiro atoms. The van der Waals surface area contributed by atoms with Crippen LogP contribution in [0.15, 0.2) is 29.2 Å². The minimum absolute atomic E-state index is 0.0537. The van der Waals surface area contributed by atoms with Crippen LogP contribution in [0.2, 0.25) is 5.02 Å². The number of carbonyl (C=O) groups excluding carboxylic acids is 2. The Balaban J connectivity index is 2.39. The molecule has 8 nitrogen and oxygen atoms in total. The van der Waals surface area contributed by atoms with Crippen LogP contribution in [0.1, 0.15) is 39.4 Å². The van der Waals surface area contributed by atoms with Crippen LogP contribution < -0.4 is 5.32 Å². The Morgan fingerprint density at radius 2 is 1.93 bits per heavy atom. The quantitative estimate of drug-likeness (QED) is 0.477. The molecule has 0 atom stereocenters. The molecule has 0 aliphatic rings. The lowest BCUT2D eigenvalue weighted by molar-refractivity contribution is -0.0258. The summed E-state index contributed by atoms with van der Waals surface area (Å²) in [6, 6.07) is 5.53. The molecule has 1 aromatic carbocycles. The summed E-state index contributed by atoms with van der Waals surface area (Å²) in [4.78, 5) is 30.3. The molecule has 158 valence electrons. The predicted molar refractivity (Wildman–Crippen MR) is 111 cm³/mol. The number of anilines is 1. The van der Waals surface area contributed by atoms with Gasteiger partial charge in [0.05, 0.1) is 24.3 Å². The maximum atomic E-state index is 12.7. The molecule has 0 aliphatic heterocycles. The zero-order chi connectivity index (χ0) is 21.8. The first-order chi connectivity index (χ1) is 13.6. The number of thiophene rings is 1. The fourth-order valence-electron chi connectivity index (χ4n) is 2.32. The second kappa shape index (κ2) is 9.68. The van der Waals surface area contributed by atoms with E-state index in [1.165, 1.54) is 37.6 Å². The highest BCUT2D eigenvalue weighted by Crippen LogP contribution is 2.31.